The summed E-state index contributed by atoms with van der Waals surface area (Å²) in [5.74, 6) is -0.460. The maximum Gasteiger partial charge on any atom is 0.278 e. The predicted molar refractivity (Wildman–Crippen MR) is 67.2 cm³/mol. The average molecular weight is 244 g/mol. The monoisotopic (exact) mass is 244 g/mol. The number of aryl methyl sites for hydroxylation is 1. The molecule has 0 saturated carbocycles. The first kappa shape index (κ1) is 11.8. The van der Waals surface area contributed by atoms with Crippen LogP contribution in [0.15, 0.2) is 40.0 Å². The molecule has 0 unspecified atom stereocenters. The molecule has 0 aliphatic rings. The number of aromatic nitrogens is 1. The number of carbonyl (C=O) groups excluding carboxylic acids is 1. The van der Waals surface area contributed by atoms with Crippen LogP contribution < -0.4 is 11.2 Å². The SMILES string of the molecule is Cc1noc(N)c1C(=O)N/N=C/c1ccccc1. The largest absolute Gasteiger partial charge is 0.367 e. The highest BCUT2D eigenvalue weighted by Crippen LogP contribution is 2.14. The summed E-state index contributed by atoms with van der Waals surface area (Å²) in [7, 11) is 0. The minimum Gasteiger partial charge on any atom is -0.367 e. The number of carbonyl (C=O) groups is 1. The van der Waals surface area contributed by atoms with Crippen LogP contribution in [0.5, 0.6) is 0 Å². The van der Waals surface area contributed by atoms with Crippen LogP contribution in [0, 0.1) is 6.92 Å². The molecule has 1 heterocycles. The summed E-state index contributed by atoms with van der Waals surface area (Å²) in [5, 5.41) is 7.42. The minimum atomic E-state index is -0.446. The molecule has 92 valence electrons. The molecule has 0 radical (unpaired) electrons. The maximum atomic E-state index is 11.7. The maximum absolute atomic E-state index is 11.7. The number of amides is 1. The van der Waals surface area contributed by atoms with Crippen LogP contribution in [0.25, 0.3) is 0 Å². The molecule has 6 nitrogen and oxygen atoms in total. The number of nitrogens with two attached hydrogens (primary N) is 1. The minimum absolute atomic E-state index is 0.0140. The van der Waals surface area contributed by atoms with Gasteiger partial charge in [0.1, 0.15) is 5.56 Å². The Kier molecular flexibility index (Phi) is 3.38. The second-order valence-electron chi connectivity index (χ2n) is 3.62. The zero-order valence-corrected chi connectivity index (χ0v) is 9.75. The fraction of sp³-hybridized carbons (Fsp3) is 0.0833. The summed E-state index contributed by atoms with van der Waals surface area (Å²) in [4.78, 5) is 11.7. The quantitative estimate of drug-likeness (QED) is 0.629. The Labute approximate surface area is 103 Å². The van der Waals surface area contributed by atoms with Gasteiger partial charge in [0, 0.05) is 0 Å². The van der Waals surface area contributed by atoms with E-state index in [2.05, 4.69) is 15.7 Å². The molecule has 1 aromatic heterocycles. The molecule has 2 aromatic rings. The molecule has 0 fully saturated rings. The number of nitrogens with one attached hydrogen (secondary N) is 1. The highest BCUT2D eigenvalue weighted by atomic mass is 16.5. The number of benzene rings is 1. The highest BCUT2D eigenvalue weighted by molar-refractivity contribution is 5.99. The van der Waals surface area contributed by atoms with Crippen LogP contribution in [0.2, 0.25) is 0 Å². The van der Waals surface area contributed by atoms with E-state index in [1.54, 1.807) is 6.92 Å². The Morgan fingerprint density at radius 3 is 2.78 bits per heavy atom. The van der Waals surface area contributed by atoms with Gasteiger partial charge in [0.05, 0.1) is 11.9 Å². The summed E-state index contributed by atoms with van der Waals surface area (Å²) in [5.41, 5.74) is 9.37. The summed E-state index contributed by atoms with van der Waals surface area (Å²) < 4.78 is 4.70. The van der Waals surface area contributed by atoms with Crippen molar-refractivity contribution in [2.45, 2.75) is 6.92 Å². The normalized spacial score (nSPS) is 10.7. The van der Waals surface area contributed by atoms with Gasteiger partial charge in [-0.2, -0.15) is 5.10 Å². The highest BCUT2D eigenvalue weighted by Gasteiger charge is 2.17. The first-order valence-corrected chi connectivity index (χ1v) is 5.28. The molecule has 1 aromatic carbocycles. The van der Waals surface area contributed by atoms with Gasteiger partial charge in [0.15, 0.2) is 0 Å². The second-order valence-corrected chi connectivity index (χ2v) is 3.62. The molecule has 0 saturated heterocycles. The fourth-order valence-corrected chi connectivity index (χ4v) is 1.42. The molecule has 0 bridgehead atoms. The van der Waals surface area contributed by atoms with Crippen LogP contribution >= 0.6 is 0 Å². The van der Waals surface area contributed by atoms with Gasteiger partial charge in [-0.1, -0.05) is 35.5 Å². The Morgan fingerprint density at radius 1 is 1.44 bits per heavy atom. The molecule has 1 amide bonds. The first-order valence-electron chi connectivity index (χ1n) is 5.28. The fourth-order valence-electron chi connectivity index (χ4n) is 1.42. The van der Waals surface area contributed by atoms with Crippen molar-refractivity contribution in [2.24, 2.45) is 5.10 Å². The molecule has 0 atom stereocenters. The number of hydrogen-bond donors (Lipinski definition) is 2. The predicted octanol–water partition coefficient (Wildman–Crippen LogP) is 1.33. The van der Waals surface area contributed by atoms with Gasteiger partial charge in [0.25, 0.3) is 5.91 Å². The van der Waals surface area contributed by atoms with Gasteiger partial charge in [0.2, 0.25) is 5.88 Å². The van der Waals surface area contributed by atoms with Crippen LogP contribution in [0.3, 0.4) is 0 Å². The van der Waals surface area contributed by atoms with E-state index in [-0.39, 0.29) is 11.4 Å². The number of anilines is 1. The van der Waals surface area contributed by atoms with Crippen molar-refractivity contribution >= 4 is 18.0 Å². The summed E-state index contributed by atoms with van der Waals surface area (Å²) >= 11 is 0. The standard InChI is InChI=1S/C12H12N4O2/c1-8-10(11(13)18-16-8)12(17)15-14-7-9-5-3-2-4-6-9/h2-7H,13H2,1H3,(H,15,17)/b14-7+. The van der Waals surface area contributed by atoms with E-state index in [1.165, 1.54) is 6.21 Å². The van der Waals surface area contributed by atoms with Gasteiger partial charge < -0.3 is 10.3 Å². The van der Waals surface area contributed by atoms with Crippen molar-refractivity contribution in [2.75, 3.05) is 5.73 Å². The summed E-state index contributed by atoms with van der Waals surface area (Å²) in [6, 6.07) is 9.40. The molecule has 6 heteroatoms. The van der Waals surface area contributed by atoms with Crippen LogP contribution in [0.4, 0.5) is 5.88 Å². The third kappa shape index (κ3) is 2.54. The van der Waals surface area contributed by atoms with Crippen molar-refractivity contribution in [3.05, 3.63) is 47.2 Å². The van der Waals surface area contributed by atoms with Gasteiger partial charge in [-0.15, -0.1) is 0 Å². The van der Waals surface area contributed by atoms with Gasteiger partial charge in [-0.25, -0.2) is 5.43 Å². The van der Waals surface area contributed by atoms with E-state index in [1.807, 2.05) is 30.3 Å². The van der Waals surface area contributed by atoms with Gasteiger partial charge in [-0.3, -0.25) is 4.79 Å². The Balaban J connectivity index is 2.03. The second kappa shape index (κ2) is 5.13. The van der Waals surface area contributed by atoms with Crippen molar-refractivity contribution in [1.82, 2.24) is 10.6 Å². The van der Waals surface area contributed by atoms with E-state index in [0.29, 0.717) is 5.69 Å². The molecule has 0 aliphatic heterocycles. The molecule has 2 rings (SSSR count). The molecule has 18 heavy (non-hydrogen) atoms. The van der Waals surface area contributed by atoms with Crippen molar-refractivity contribution in [3.63, 3.8) is 0 Å². The Morgan fingerprint density at radius 2 is 2.17 bits per heavy atom. The summed E-state index contributed by atoms with van der Waals surface area (Å²) in [6.45, 7) is 1.63. The lowest BCUT2D eigenvalue weighted by atomic mass is 10.2. The molecule has 0 aliphatic carbocycles. The summed E-state index contributed by atoms with van der Waals surface area (Å²) in [6.07, 6.45) is 1.54. The number of hydrazone groups is 1. The number of rotatable bonds is 3. The van der Waals surface area contributed by atoms with E-state index < -0.39 is 5.91 Å². The average Bonchev–Trinajstić information content (AvgIpc) is 2.70. The topological polar surface area (TPSA) is 93.5 Å². The smallest absolute Gasteiger partial charge is 0.278 e. The van der Waals surface area contributed by atoms with Gasteiger partial charge in [-0.05, 0) is 12.5 Å². The van der Waals surface area contributed by atoms with Crippen LogP contribution in [-0.4, -0.2) is 17.3 Å². The van der Waals surface area contributed by atoms with Crippen LogP contribution in [0.1, 0.15) is 21.6 Å². The lowest BCUT2D eigenvalue weighted by Crippen LogP contribution is -2.19. The zero-order valence-electron chi connectivity index (χ0n) is 9.75. The molecule has 3 N–H and O–H groups in total. The van der Waals surface area contributed by atoms with Gasteiger partial charge >= 0.3 is 0 Å². The Bertz CT molecular complexity index is 556. The first-order chi connectivity index (χ1) is 8.68. The van der Waals surface area contributed by atoms with Crippen molar-refractivity contribution in [1.29, 1.82) is 0 Å². The lowest BCUT2D eigenvalue weighted by Gasteiger charge is -1.97. The van der Waals surface area contributed by atoms with E-state index >= 15 is 0 Å². The van der Waals surface area contributed by atoms with E-state index in [0.717, 1.165) is 5.56 Å². The Hall–Kier alpha value is -2.63. The van der Waals surface area contributed by atoms with E-state index in [4.69, 9.17) is 10.3 Å². The van der Waals surface area contributed by atoms with Crippen LogP contribution in [-0.2, 0) is 0 Å². The van der Waals surface area contributed by atoms with Crippen molar-refractivity contribution < 1.29 is 9.32 Å². The molecular weight excluding hydrogens is 232 g/mol. The van der Waals surface area contributed by atoms with E-state index in [9.17, 15) is 4.79 Å². The molecule has 0 spiro atoms. The third-order valence-corrected chi connectivity index (χ3v) is 2.30. The number of nitrogen functional groups attached to an aromatic ring is 1. The molecular formula is C12H12N4O2. The zero-order chi connectivity index (χ0) is 13.0. The lowest BCUT2D eigenvalue weighted by molar-refractivity contribution is 0.0955. The number of hydrogen-bond acceptors (Lipinski definition) is 5. The number of nitrogens with zero attached hydrogens (tertiary/aromatic N) is 2. The van der Waals surface area contributed by atoms with Crippen molar-refractivity contribution in [3.8, 4) is 0 Å². The third-order valence-electron chi connectivity index (χ3n) is 2.30.